The Morgan fingerprint density at radius 2 is 1.96 bits per heavy atom. The minimum atomic E-state index is -0.271. The summed E-state index contributed by atoms with van der Waals surface area (Å²) in [5.41, 5.74) is 2.22. The van der Waals surface area contributed by atoms with Gasteiger partial charge in [-0.1, -0.05) is 24.3 Å². The SMILES string of the molecule is CCN(CC(=O)NC(C)C)C(=O)CC1c2ccccc2CCN1C(C)=O. The molecule has 0 radical (unpaired) electrons. The second-order valence-corrected chi connectivity index (χ2v) is 7.01. The normalized spacial score (nSPS) is 16.2. The first kappa shape index (κ1) is 19.9. The van der Waals surface area contributed by atoms with E-state index in [1.54, 1.807) is 16.7 Å². The molecular weight excluding hydrogens is 330 g/mol. The number of amides is 3. The minimum absolute atomic E-state index is 0.0297. The molecule has 1 aromatic rings. The second kappa shape index (κ2) is 8.83. The van der Waals surface area contributed by atoms with Crippen molar-refractivity contribution < 1.29 is 14.4 Å². The van der Waals surface area contributed by atoms with Crippen molar-refractivity contribution in [2.45, 2.75) is 52.6 Å². The maximum absolute atomic E-state index is 12.8. The molecule has 1 heterocycles. The van der Waals surface area contributed by atoms with Gasteiger partial charge in [-0.2, -0.15) is 0 Å². The molecule has 1 atom stereocenters. The van der Waals surface area contributed by atoms with E-state index in [2.05, 4.69) is 11.4 Å². The van der Waals surface area contributed by atoms with Gasteiger partial charge < -0.3 is 15.1 Å². The quantitative estimate of drug-likeness (QED) is 0.843. The molecule has 26 heavy (non-hydrogen) atoms. The number of hydrogen-bond acceptors (Lipinski definition) is 3. The van der Waals surface area contributed by atoms with Crippen LogP contribution in [-0.2, 0) is 20.8 Å². The highest BCUT2D eigenvalue weighted by Gasteiger charge is 2.32. The highest BCUT2D eigenvalue weighted by molar-refractivity contribution is 5.85. The molecule has 6 heteroatoms. The van der Waals surface area contributed by atoms with Crippen LogP contribution in [0, 0.1) is 0 Å². The molecule has 0 bridgehead atoms. The van der Waals surface area contributed by atoms with Gasteiger partial charge in [0.1, 0.15) is 0 Å². The lowest BCUT2D eigenvalue weighted by Gasteiger charge is -2.37. The molecular formula is C20H29N3O3. The molecule has 1 aromatic carbocycles. The van der Waals surface area contributed by atoms with Gasteiger partial charge in [0, 0.05) is 26.1 Å². The third kappa shape index (κ3) is 4.84. The lowest BCUT2D eigenvalue weighted by molar-refractivity contribution is -0.139. The first-order chi connectivity index (χ1) is 12.3. The Morgan fingerprint density at radius 3 is 2.58 bits per heavy atom. The number of benzene rings is 1. The Morgan fingerprint density at radius 1 is 1.27 bits per heavy atom. The van der Waals surface area contributed by atoms with Crippen molar-refractivity contribution in [2.75, 3.05) is 19.6 Å². The van der Waals surface area contributed by atoms with E-state index in [0.29, 0.717) is 13.1 Å². The number of fused-ring (bicyclic) bond motifs is 1. The summed E-state index contributed by atoms with van der Waals surface area (Å²) in [6, 6.07) is 7.73. The molecule has 0 spiro atoms. The lowest BCUT2D eigenvalue weighted by atomic mass is 9.90. The highest BCUT2D eigenvalue weighted by atomic mass is 16.2. The van der Waals surface area contributed by atoms with Crippen LogP contribution in [0.25, 0.3) is 0 Å². The topological polar surface area (TPSA) is 69.7 Å². The molecule has 3 amide bonds. The summed E-state index contributed by atoms with van der Waals surface area (Å²) in [5.74, 6) is -0.306. The zero-order chi connectivity index (χ0) is 19.3. The van der Waals surface area contributed by atoms with Gasteiger partial charge in [-0.15, -0.1) is 0 Å². The fourth-order valence-corrected chi connectivity index (χ4v) is 3.46. The van der Waals surface area contributed by atoms with E-state index in [0.717, 1.165) is 12.0 Å². The van der Waals surface area contributed by atoms with Crippen molar-refractivity contribution in [3.05, 3.63) is 35.4 Å². The van der Waals surface area contributed by atoms with E-state index in [4.69, 9.17) is 0 Å². The monoisotopic (exact) mass is 359 g/mol. The van der Waals surface area contributed by atoms with Crippen LogP contribution < -0.4 is 5.32 Å². The van der Waals surface area contributed by atoms with Gasteiger partial charge in [0.15, 0.2) is 0 Å². The minimum Gasteiger partial charge on any atom is -0.352 e. The summed E-state index contributed by atoms with van der Waals surface area (Å²) in [6.07, 6.45) is 0.994. The molecule has 2 rings (SSSR count). The second-order valence-electron chi connectivity index (χ2n) is 7.01. The van der Waals surface area contributed by atoms with Crippen molar-refractivity contribution in [3.8, 4) is 0 Å². The maximum Gasteiger partial charge on any atom is 0.239 e. The molecule has 1 aliphatic heterocycles. The van der Waals surface area contributed by atoms with E-state index in [9.17, 15) is 14.4 Å². The van der Waals surface area contributed by atoms with Crippen molar-refractivity contribution in [2.24, 2.45) is 0 Å². The Bertz CT molecular complexity index is 672. The van der Waals surface area contributed by atoms with Crippen LogP contribution in [0.3, 0.4) is 0 Å². The molecule has 1 N–H and O–H groups in total. The summed E-state index contributed by atoms with van der Waals surface area (Å²) in [5, 5.41) is 2.81. The van der Waals surface area contributed by atoms with E-state index in [1.165, 1.54) is 5.56 Å². The van der Waals surface area contributed by atoms with Gasteiger partial charge in [0.2, 0.25) is 17.7 Å². The molecule has 0 saturated carbocycles. The average molecular weight is 359 g/mol. The van der Waals surface area contributed by atoms with E-state index in [1.807, 2.05) is 39.0 Å². The first-order valence-corrected chi connectivity index (χ1v) is 9.25. The fraction of sp³-hybridized carbons (Fsp3) is 0.550. The van der Waals surface area contributed by atoms with Gasteiger partial charge in [-0.05, 0) is 38.3 Å². The first-order valence-electron chi connectivity index (χ1n) is 9.25. The van der Waals surface area contributed by atoms with E-state index in [-0.39, 0.29) is 42.8 Å². The van der Waals surface area contributed by atoms with Gasteiger partial charge in [-0.3, -0.25) is 14.4 Å². The predicted molar refractivity (Wildman–Crippen MR) is 100 cm³/mol. The number of likely N-dealkylation sites (N-methyl/N-ethyl adjacent to an activating group) is 1. The number of rotatable bonds is 6. The highest BCUT2D eigenvalue weighted by Crippen LogP contribution is 2.32. The standard InChI is InChI=1S/C20H29N3O3/c1-5-22(13-19(25)21-14(2)3)20(26)12-18-17-9-7-6-8-16(17)10-11-23(18)15(4)24/h6-9,14,18H,5,10-13H2,1-4H3,(H,21,25). The number of carbonyl (C=O) groups excluding carboxylic acids is 3. The van der Waals surface area contributed by atoms with Crippen LogP contribution in [0.4, 0.5) is 0 Å². The lowest BCUT2D eigenvalue weighted by Crippen LogP contribution is -2.45. The third-order valence-electron chi connectivity index (χ3n) is 4.70. The Kier molecular flexibility index (Phi) is 6.77. The summed E-state index contributed by atoms with van der Waals surface area (Å²) in [6.45, 7) is 8.29. The van der Waals surface area contributed by atoms with Crippen LogP contribution in [0.5, 0.6) is 0 Å². The Balaban J connectivity index is 2.16. The summed E-state index contributed by atoms with van der Waals surface area (Å²) >= 11 is 0. The number of hydrogen-bond donors (Lipinski definition) is 1. The Labute approximate surface area is 155 Å². The van der Waals surface area contributed by atoms with Crippen LogP contribution in [0.1, 0.15) is 51.3 Å². The third-order valence-corrected chi connectivity index (χ3v) is 4.70. The van der Waals surface area contributed by atoms with E-state index >= 15 is 0 Å². The molecule has 6 nitrogen and oxygen atoms in total. The zero-order valence-corrected chi connectivity index (χ0v) is 16.1. The number of nitrogens with one attached hydrogen (secondary N) is 1. The molecule has 0 aliphatic carbocycles. The predicted octanol–water partition coefficient (Wildman–Crippen LogP) is 1.90. The van der Waals surface area contributed by atoms with E-state index < -0.39 is 0 Å². The van der Waals surface area contributed by atoms with Crippen LogP contribution >= 0.6 is 0 Å². The van der Waals surface area contributed by atoms with Crippen molar-refractivity contribution in [1.82, 2.24) is 15.1 Å². The number of nitrogens with zero attached hydrogens (tertiary/aromatic N) is 2. The fourth-order valence-electron chi connectivity index (χ4n) is 3.46. The average Bonchev–Trinajstić information content (AvgIpc) is 2.58. The summed E-state index contributed by atoms with van der Waals surface area (Å²) in [7, 11) is 0. The smallest absolute Gasteiger partial charge is 0.239 e. The Hall–Kier alpha value is -2.37. The zero-order valence-electron chi connectivity index (χ0n) is 16.1. The van der Waals surface area contributed by atoms with Crippen LogP contribution in [-0.4, -0.2) is 53.2 Å². The summed E-state index contributed by atoms with van der Waals surface area (Å²) < 4.78 is 0. The van der Waals surface area contributed by atoms with Crippen LogP contribution in [0.15, 0.2) is 24.3 Å². The van der Waals surface area contributed by atoms with Gasteiger partial charge in [-0.25, -0.2) is 0 Å². The molecule has 1 aliphatic rings. The number of carbonyl (C=O) groups is 3. The summed E-state index contributed by atoms with van der Waals surface area (Å²) in [4.78, 5) is 40.3. The van der Waals surface area contributed by atoms with Crippen molar-refractivity contribution >= 4 is 17.7 Å². The van der Waals surface area contributed by atoms with Gasteiger partial charge in [0.25, 0.3) is 0 Å². The largest absolute Gasteiger partial charge is 0.352 e. The molecule has 0 fully saturated rings. The van der Waals surface area contributed by atoms with Crippen LogP contribution in [0.2, 0.25) is 0 Å². The van der Waals surface area contributed by atoms with Gasteiger partial charge in [0.05, 0.1) is 19.0 Å². The molecule has 142 valence electrons. The maximum atomic E-state index is 12.8. The molecule has 1 unspecified atom stereocenters. The van der Waals surface area contributed by atoms with Crippen molar-refractivity contribution in [3.63, 3.8) is 0 Å². The molecule has 0 aromatic heterocycles. The van der Waals surface area contributed by atoms with Crippen molar-refractivity contribution in [1.29, 1.82) is 0 Å². The molecule has 0 saturated heterocycles. The van der Waals surface area contributed by atoms with Gasteiger partial charge >= 0.3 is 0 Å².